The monoisotopic (exact) mass is 382 g/mol. The first-order chi connectivity index (χ1) is 13.5. The predicted octanol–water partition coefficient (Wildman–Crippen LogP) is 2.21. The summed E-state index contributed by atoms with van der Waals surface area (Å²) in [5.41, 5.74) is 6.57. The second-order valence-corrected chi connectivity index (χ2v) is 6.46. The van der Waals surface area contributed by atoms with E-state index in [9.17, 15) is 14.4 Å². The fourth-order valence-electron chi connectivity index (χ4n) is 3.13. The average molecular weight is 382 g/mol. The SMILES string of the molecule is CCOc1ccc(N2C[C@H](C(=O)O[C@@H](C(N)=O)c3ccccc3)CC2=O)cc1. The van der Waals surface area contributed by atoms with Crippen molar-refractivity contribution in [1.29, 1.82) is 0 Å². The van der Waals surface area contributed by atoms with Crippen LogP contribution < -0.4 is 15.4 Å². The molecule has 1 aliphatic heterocycles. The van der Waals surface area contributed by atoms with Gasteiger partial charge in [-0.25, -0.2) is 0 Å². The molecule has 7 nitrogen and oxygen atoms in total. The van der Waals surface area contributed by atoms with Crippen LogP contribution in [0, 0.1) is 5.92 Å². The highest BCUT2D eigenvalue weighted by molar-refractivity contribution is 5.99. The number of nitrogens with two attached hydrogens (primary N) is 1. The third-order valence-corrected chi connectivity index (χ3v) is 4.51. The zero-order valence-electron chi connectivity index (χ0n) is 15.5. The first-order valence-electron chi connectivity index (χ1n) is 9.07. The van der Waals surface area contributed by atoms with E-state index in [2.05, 4.69) is 0 Å². The van der Waals surface area contributed by atoms with Gasteiger partial charge in [-0.2, -0.15) is 0 Å². The van der Waals surface area contributed by atoms with Crippen LogP contribution in [0.5, 0.6) is 5.75 Å². The zero-order valence-corrected chi connectivity index (χ0v) is 15.5. The average Bonchev–Trinajstić information content (AvgIpc) is 3.09. The quantitative estimate of drug-likeness (QED) is 0.740. The predicted molar refractivity (Wildman–Crippen MR) is 103 cm³/mol. The van der Waals surface area contributed by atoms with E-state index in [4.69, 9.17) is 15.2 Å². The van der Waals surface area contributed by atoms with Crippen LogP contribution in [0.1, 0.15) is 25.0 Å². The molecule has 0 saturated carbocycles. The van der Waals surface area contributed by atoms with Gasteiger partial charge in [0.25, 0.3) is 5.91 Å². The Morgan fingerprint density at radius 2 is 1.82 bits per heavy atom. The van der Waals surface area contributed by atoms with Crippen LogP contribution >= 0.6 is 0 Å². The third-order valence-electron chi connectivity index (χ3n) is 4.51. The second-order valence-electron chi connectivity index (χ2n) is 6.46. The van der Waals surface area contributed by atoms with Crippen LogP contribution in [-0.4, -0.2) is 30.9 Å². The van der Waals surface area contributed by atoms with Crippen LogP contribution in [0.3, 0.4) is 0 Å². The fourth-order valence-corrected chi connectivity index (χ4v) is 3.13. The van der Waals surface area contributed by atoms with Crippen molar-refractivity contribution >= 4 is 23.5 Å². The second kappa shape index (κ2) is 8.56. The van der Waals surface area contributed by atoms with Crippen LogP contribution in [0.25, 0.3) is 0 Å². The van der Waals surface area contributed by atoms with E-state index in [1.54, 1.807) is 54.6 Å². The first kappa shape index (κ1) is 19.4. The smallest absolute Gasteiger partial charge is 0.312 e. The molecule has 146 valence electrons. The molecule has 1 saturated heterocycles. The lowest BCUT2D eigenvalue weighted by Crippen LogP contribution is -2.30. The Kier molecular flexibility index (Phi) is 5.93. The molecule has 0 bridgehead atoms. The maximum Gasteiger partial charge on any atom is 0.312 e. The van der Waals surface area contributed by atoms with Gasteiger partial charge in [0.2, 0.25) is 12.0 Å². The maximum absolute atomic E-state index is 12.6. The normalized spacial score (nSPS) is 17.2. The van der Waals surface area contributed by atoms with Gasteiger partial charge in [0.1, 0.15) is 5.75 Å². The molecular formula is C21H22N2O5. The molecule has 1 aliphatic rings. The van der Waals surface area contributed by atoms with E-state index in [1.165, 1.54) is 4.90 Å². The summed E-state index contributed by atoms with van der Waals surface area (Å²) in [7, 11) is 0. The van der Waals surface area contributed by atoms with Gasteiger partial charge in [-0.3, -0.25) is 14.4 Å². The topological polar surface area (TPSA) is 98.9 Å². The van der Waals surface area contributed by atoms with Crippen molar-refractivity contribution < 1.29 is 23.9 Å². The van der Waals surface area contributed by atoms with Gasteiger partial charge >= 0.3 is 5.97 Å². The number of ether oxygens (including phenoxy) is 2. The van der Waals surface area contributed by atoms with Gasteiger partial charge in [-0.05, 0) is 31.2 Å². The molecule has 0 aromatic heterocycles. The molecule has 28 heavy (non-hydrogen) atoms. The summed E-state index contributed by atoms with van der Waals surface area (Å²) in [5, 5.41) is 0. The van der Waals surface area contributed by atoms with Gasteiger partial charge in [0.05, 0.1) is 12.5 Å². The number of hydrogen-bond acceptors (Lipinski definition) is 5. The molecule has 2 aromatic rings. The highest BCUT2D eigenvalue weighted by atomic mass is 16.5. The number of anilines is 1. The van der Waals surface area contributed by atoms with Crippen molar-refractivity contribution in [1.82, 2.24) is 0 Å². The maximum atomic E-state index is 12.6. The summed E-state index contributed by atoms with van der Waals surface area (Å²) in [4.78, 5) is 38.2. The molecule has 2 atom stereocenters. The van der Waals surface area contributed by atoms with E-state index < -0.39 is 23.9 Å². The Morgan fingerprint density at radius 1 is 1.14 bits per heavy atom. The van der Waals surface area contributed by atoms with E-state index in [1.807, 2.05) is 6.92 Å². The summed E-state index contributed by atoms with van der Waals surface area (Å²) in [5.74, 6) is -1.51. The number of amides is 2. The van der Waals surface area contributed by atoms with Gasteiger partial charge in [-0.1, -0.05) is 30.3 Å². The molecule has 2 N–H and O–H groups in total. The minimum Gasteiger partial charge on any atom is -0.494 e. The molecule has 0 radical (unpaired) electrons. The van der Waals surface area contributed by atoms with Crippen LogP contribution in [0.2, 0.25) is 0 Å². The van der Waals surface area contributed by atoms with E-state index in [-0.39, 0.29) is 18.9 Å². The zero-order chi connectivity index (χ0) is 20.1. The van der Waals surface area contributed by atoms with Crippen molar-refractivity contribution in [2.24, 2.45) is 11.7 Å². The van der Waals surface area contributed by atoms with Gasteiger partial charge in [0, 0.05) is 24.2 Å². The molecule has 3 rings (SSSR count). The van der Waals surface area contributed by atoms with Crippen molar-refractivity contribution in [3.05, 3.63) is 60.2 Å². The lowest BCUT2D eigenvalue weighted by atomic mass is 10.1. The largest absolute Gasteiger partial charge is 0.494 e. The number of primary amides is 1. The summed E-state index contributed by atoms with van der Waals surface area (Å²) < 4.78 is 10.7. The van der Waals surface area contributed by atoms with E-state index in [0.717, 1.165) is 0 Å². The minimum absolute atomic E-state index is 0.0202. The molecule has 0 unspecified atom stereocenters. The Labute approximate surface area is 163 Å². The van der Waals surface area contributed by atoms with Crippen LogP contribution in [0.4, 0.5) is 5.69 Å². The number of esters is 1. The number of carbonyl (C=O) groups is 3. The fraction of sp³-hybridized carbons (Fsp3) is 0.286. The van der Waals surface area contributed by atoms with Gasteiger partial charge < -0.3 is 20.1 Å². The summed E-state index contributed by atoms with van der Waals surface area (Å²) >= 11 is 0. The molecule has 1 fully saturated rings. The Morgan fingerprint density at radius 3 is 2.43 bits per heavy atom. The number of rotatable bonds is 7. The lowest BCUT2D eigenvalue weighted by molar-refractivity contribution is -0.159. The highest BCUT2D eigenvalue weighted by Crippen LogP contribution is 2.29. The van der Waals surface area contributed by atoms with Crippen LogP contribution in [0.15, 0.2) is 54.6 Å². The molecule has 7 heteroatoms. The van der Waals surface area contributed by atoms with E-state index >= 15 is 0 Å². The Bertz CT molecular complexity index is 851. The molecule has 0 aliphatic carbocycles. The number of carbonyl (C=O) groups excluding carboxylic acids is 3. The molecule has 2 amide bonds. The van der Waals surface area contributed by atoms with Crippen LogP contribution in [-0.2, 0) is 19.1 Å². The van der Waals surface area contributed by atoms with E-state index in [0.29, 0.717) is 23.6 Å². The number of hydrogen-bond donors (Lipinski definition) is 1. The van der Waals surface area contributed by atoms with Gasteiger partial charge in [0.15, 0.2) is 0 Å². The molecule has 2 aromatic carbocycles. The number of benzene rings is 2. The standard InChI is InChI=1S/C21H22N2O5/c1-2-27-17-10-8-16(9-11-17)23-13-15(12-18(23)24)21(26)28-19(20(22)25)14-6-4-3-5-7-14/h3-11,15,19H,2,12-13H2,1H3,(H2,22,25)/t15-,19-/m1/s1. The van der Waals surface area contributed by atoms with Crippen molar-refractivity contribution in [3.63, 3.8) is 0 Å². The van der Waals surface area contributed by atoms with Crippen molar-refractivity contribution in [2.75, 3.05) is 18.1 Å². The molecule has 0 spiro atoms. The molecule has 1 heterocycles. The minimum atomic E-state index is -1.18. The number of nitrogens with zero attached hydrogens (tertiary/aromatic N) is 1. The Hall–Kier alpha value is -3.35. The highest BCUT2D eigenvalue weighted by Gasteiger charge is 2.38. The van der Waals surface area contributed by atoms with Crippen molar-refractivity contribution in [2.45, 2.75) is 19.4 Å². The molecular weight excluding hydrogens is 360 g/mol. The third kappa shape index (κ3) is 4.31. The van der Waals surface area contributed by atoms with Gasteiger partial charge in [-0.15, -0.1) is 0 Å². The van der Waals surface area contributed by atoms with Crippen molar-refractivity contribution in [3.8, 4) is 5.75 Å². The summed E-state index contributed by atoms with van der Waals surface area (Å²) in [6, 6.07) is 15.7. The summed E-state index contributed by atoms with van der Waals surface area (Å²) in [6.45, 7) is 2.63. The lowest BCUT2D eigenvalue weighted by Gasteiger charge is -2.19. The summed E-state index contributed by atoms with van der Waals surface area (Å²) in [6.07, 6.45) is -1.16. The first-order valence-corrected chi connectivity index (χ1v) is 9.07. The Balaban J connectivity index is 1.68.